The van der Waals surface area contributed by atoms with Gasteiger partial charge in [0.1, 0.15) is 5.69 Å². The van der Waals surface area contributed by atoms with Crippen LogP contribution in [0.4, 0.5) is 5.69 Å². The van der Waals surface area contributed by atoms with Crippen molar-refractivity contribution in [2.75, 3.05) is 12.3 Å². The highest BCUT2D eigenvalue weighted by Gasteiger charge is 2.15. The molecule has 1 heterocycles. The average molecular weight is 277 g/mol. The summed E-state index contributed by atoms with van der Waals surface area (Å²) < 4.78 is 1.95. The zero-order valence-electron chi connectivity index (χ0n) is 12.5. The predicted molar refractivity (Wildman–Crippen MR) is 82.7 cm³/mol. The van der Waals surface area contributed by atoms with E-state index >= 15 is 0 Å². The summed E-state index contributed by atoms with van der Waals surface area (Å²) >= 11 is 0. The first-order valence-corrected chi connectivity index (χ1v) is 7.94. The van der Waals surface area contributed by atoms with Gasteiger partial charge in [-0.1, -0.05) is 32.6 Å². The molecular formula is C16H27N3O. The van der Waals surface area contributed by atoms with E-state index in [-0.39, 0.29) is 5.91 Å². The largest absolute Gasteiger partial charge is 0.397 e. The van der Waals surface area contributed by atoms with Crippen LogP contribution < -0.4 is 11.1 Å². The van der Waals surface area contributed by atoms with Gasteiger partial charge in [-0.2, -0.15) is 0 Å². The van der Waals surface area contributed by atoms with Crippen LogP contribution in [0.1, 0.15) is 62.4 Å². The molecule has 1 amide bonds. The number of amides is 1. The van der Waals surface area contributed by atoms with Crippen molar-refractivity contribution >= 4 is 11.6 Å². The highest BCUT2D eigenvalue weighted by molar-refractivity contribution is 5.93. The third-order valence-corrected chi connectivity index (χ3v) is 4.16. The number of hydrogen-bond donors (Lipinski definition) is 2. The third-order valence-electron chi connectivity index (χ3n) is 4.16. The molecule has 0 atom stereocenters. The molecule has 0 aromatic carbocycles. The van der Waals surface area contributed by atoms with Crippen molar-refractivity contribution in [2.45, 2.75) is 58.4 Å². The number of nitrogen functional groups attached to an aromatic ring is 1. The van der Waals surface area contributed by atoms with Crippen molar-refractivity contribution in [3.05, 3.63) is 18.0 Å². The molecule has 0 saturated heterocycles. The Balaban J connectivity index is 1.76. The van der Waals surface area contributed by atoms with Gasteiger partial charge in [0.25, 0.3) is 5.91 Å². The number of anilines is 1. The lowest BCUT2D eigenvalue weighted by atomic mass is 10.0. The standard InChI is InChI=1S/C16H27N3O/c1-2-10-19-12-14(17)11-15(19)16(20)18-9-5-8-13-6-3-4-7-13/h11-13H,2-10,17H2,1H3,(H,18,20). The maximum absolute atomic E-state index is 12.2. The lowest BCUT2D eigenvalue weighted by Gasteiger charge is -2.10. The Bertz CT molecular complexity index is 433. The van der Waals surface area contributed by atoms with Crippen LogP contribution in [-0.4, -0.2) is 17.0 Å². The van der Waals surface area contributed by atoms with E-state index in [1.807, 2.05) is 10.8 Å². The number of carbonyl (C=O) groups excluding carboxylic acids is 1. The summed E-state index contributed by atoms with van der Waals surface area (Å²) in [5, 5.41) is 3.02. The van der Waals surface area contributed by atoms with E-state index in [1.54, 1.807) is 6.07 Å². The summed E-state index contributed by atoms with van der Waals surface area (Å²) in [5.41, 5.74) is 7.13. The van der Waals surface area contributed by atoms with Gasteiger partial charge in [0.05, 0.1) is 5.69 Å². The highest BCUT2D eigenvalue weighted by Crippen LogP contribution is 2.28. The van der Waals surface area contributed by atoms with Crippen molar-refractivity contribution in [2.24, 2.45) is 5.92 Å². The van der Waals surface area contributed by atoms with Crippen molar-refractivity contribution in [3.63, 3.8) is 0 Å². The maximum atomic E-state index is 12.2. The fourth-order valence-corrected chi connectivity index (χ4v) is 3.13. The Labute approximate surface area is 121 Å². The van der Waals surface area contributed by atoms with E-state index in [1.165, 1.54) is 32.1 Å². The summed E-state index contributed by atoms with van der Waals surface area (Å²) in [6.07, 6.45) is 10.7. The molecule has 1 saturated carbocycles. The highest BCUT2D eigenvalue weighted by atomic mass is 16.1. The molecule has 1 aromatic heterocycles. The van der Waals surface area contributed by atoms with E-state index in [0.717, 1.165) is 31.8 Å². The molecule has 1 aliphatic carbocycles. The monoisotopic (exact) mass is 277 g/mol. The van der Waals surface area contributed by atoms with Gasteiger partial charge < -0.3 is 15.6 Å². The number of hydrogen-bond acceptors (Lipinski definition) is 2. The summed E-state index contributed by atoms with van der Waals surface area (Å²) in [6, 6.07) is 1.77. The third kappa shape index (κ3) is 4.02. The number of rotatable bonds is 7. The van der Waals surface area contributed by atoms with E-state index in [0.29, 0.717) is 11.4 Å². The minimum Gasteiger partial charge on any atom is -0.397 e. The van der Waals surface area contributed by atoms with Crippen LogP contribution in [0.2, 0.25) is 0 Å². The Hall–Kier alpha value is -1.45. The van der Waals surface area contributed by atoms with Gasteiger partial charge in [-0.3, -0.25) is 4.79 Å². The summed E-state index contributed by atoms with van der Waals surface area (Å²) in [6.45, 7) is 3.70. The molecule has 1 aromatic rings. The van der Waals surface area contributed by atoms with Gasteiger partial charge in [-0.25, -0.2) is 0 Å². The van der Waals surface area contributed by atoms with Crippen LogP contribution in [0.25, 0.3) is 0 Å². The normalized spacial score (nSPS) is 15.7. The van der Waals surface area contributed by atoms with Gasteiger partial charge in [0.15, 0.2) is 0 Å². The second kappa shape index (κ2) is 7.36. The van der Waals surface area contributed by atoms with Crippen LogP contribution in [0.15, 0.2) is 12.3 Å². The molecule has 2 rings (SSSR count). The van der Waals surface area contributed by atoms with E-state index in [9.17, 15) is 4.79 Å². The van der Waals surface area contributed by atoms with Crippen molar-refractivity contribution in [1.82, 2.24) is 9.88 Å². The van der Waals surface area contributed by atoms with Gasteiger partial charge in [0.2, 0.25) is 0 Å². The number of nitrogens with one attached hydrogen (secondary N) is 1. The average Bonchev–Trinajstić information content (AvgIpc) is 3.05. The first-order valence-electron chi connectivity index (χ1n) is 7.94. The minimum absolute atomic E-state index is 0.00146. The number of nitrogens with two attached hydrogens (primary N) is 1. The molecule has 4 nitrogen and oxygen atoms in total. The second-order valence-corrected chi connectivity index (χ2v) is 5.90. The molecule has 112 valence electrons. The first-order chi connectivity index (χ1) is 9.70. The Morgan fingerprint density at radius 3 is 2.90 bits per heavy atom. The Morgan fingerprint density at radius 1 is 1.45 bits per heavy atom. The Kier molecular flexibility index (Phi) is 5.50. The molecule has 0 bridgehead atoms. The fourth-order valence-electron chi connectivity index (χ4n) is 3.13. The van der Waals surface area contributed by atoms with E-state index in [2.05, 4.69) is 12.2 Å². The molecule has 0 radical (unpaired) electrons. The van der Waals surface area contributed by atoms with Crippen LogP contribution in [0, 0.1) is 5.92 Å². The van der Waals surface area contributed by atoms with Crippen LogP contribution in [0.3, 0.4) is 0 Å². The van der Waals surface area contributed by atoms with Crippen molar-refractivity contribution < 1.29 is 4.79 Å². The molecule has 0 unspecified atom stereocenters. The minimum atomic E-state index is 0.00146. The quantitative estimate of drug-likeness (QED) is 0.752. The number of carbonyl (C=O) groups is 1. The summed E-state index contributed by atoms with van der Waals surface area (Å²) in [5.74, 6) is 0.896. The van der Waals surface area contributed by atoms with Gasteiger partial charge in [0, 0.05) is 19.3 Å². The first kappa shape index (κ1) is 14.9. The number of nitrogens with zero attached hydrogens (tertiary/aromatic N) is 1. The number of aromatic nitrogens is 1. The maximum Gasteiger partial charge on any atom is 0.267 e. The smallest absolute Gasteiger partial charge is 0.267 e. The Morgan fingerprint density at radius 2 is 2.20 bits per heavy atom. The molecule has 0 aliphatic heterocycles. The second-order valence-electron chi connectivity index (χ2n) is 5.90. The molecule has 1 fully saturated rings. The topological polar surface area (TPSA) is 60.0 Å². The molecule has 3 N–H and O–H groups in total. The summed E-state index contributed by atoms with van der Waals surface area (Å²) in [7, 11) is 0. The van der Waals surface area contributed by atoms with E-state index in [4.69, 9.17) is 5.73 Å². The van der Waals surface area contributed by atoms with Crippen molar-refractivity contribution in [3.8, 4) is 0 Å². The van der Waals surface area contributed by atoms with Crippen LogP contribution in [-0.2, 0) is 6.54 Å². The number of aryl methyl sites for hydroxylation is 1. The summed E-state index contributed by atoms with van der Waals surface area (Å²) in [4.78, 5) is 12.2. The fraction of sp³-hybridized carbons (Fsp3) is 0.688. The van der Waals surface area contributed by atoms with Gasteiger partial charge in [-0.15, -0.1) is 0 Å². The van der Waals surface area contributed by atoms with E-state index < -0.39 is 0 Å². The predicted octanol–water partition coefficient (Wildman–Crippen LogP) is 3.18. The van der Waals surface area contributed by atoms with Crippen molar-refractivity contribution in [1.29, 1.82) is 0 Å². The van der Waals surface area contributed by atoms with Gasteiger partial charge >= 0.3 is 0 Å². The van der Waals surface area contributed by atoms with Gasteiger partial charge in [-0.05, 0) is 31.2 Å². The lowest BCUT2D eigenvalue weighted by Crippen LogP contribution is -2.27. The molecule has 4 heteroatoms. The lowest BCUT2D eigenvalue weighted by molar-refractivity contribution is 0.0943. The molecule has 0 spiro atoms. The zero-order valence-corrected chi connectivity index (χ0v) is 12.5. The zero-order chi connectivity index (χ0) is 14.4. The van der Waals surface area contributed by atoms with Crippen LogP contribution in [0.5, 0.6) is 0 Å². The molecule has 1 aliphatic rings. The molecule has 20 heavy (non-hydrogen) atoms. The SMILES string of the molecule is CCCn1cc(N)cc1C(=O)NCCCC1CCCC1. The molecular weight excluding hydrogens is 250 g/mol. The van der Waals surface area contributed by atoms with Crippen LogP contribution >= 0.6 is 0 Å².